The predicted octanol–water partition coefficient (Wildman–Crippen LogP) is 6.81. The Hall–Kier alpha value is -2.06. The van der Waals surface area contributed by atoms with Gasteiger partial charge in [-0.05, 0) is 98.6 Å². The van der Waals surface area contributed by atoms with Crippen LogP contribution in [0.1, 0.15) is 86.5 Å². The topological polar surface area (TPSA) is 21.3 Å². The lowest BCUT2D eigenvalue weighted by atomic mass is 9.64. The first-order valence-corrected chi connectivity index (χ1v) is 11.2. The van der Waals surface area contributed by atoms with E-state index in [4.69, 9.17) is 4.74 Å². The van der Waals surface area contributed by atoms with Crippen molar-refractivity contribution in [3.05, 3.63) is 76.9 Å². The van der Waals surface area contributed by atoms with Gasteiger partial charge in [-0.1, -0.05) is 35.9 Å². The van der Waals surface area contributed by atoms with Gasteiger partial charge in [-0.3, -0.25) is 0 Å². The van der Waals surface area contributed by atoms with E-state index in [0.29, 0.717) is 11.8 Å². The zero-order valence-electron chi connectivity index (χ0n) is 18.3. The monoisotopic (exact) mass is 389 g/mol. The Balaban J connectivity index is 1.69. The van der Waals surface area contributed by atoms with Crippen LogP contribution in [-0.2, 0) is 12.1 Å². The molecule has 2 nitrogen and oxygen atoms in total. The molecule has 0 heterocycles. The van der Waals surface area contributed by atoms with E-state index in [1.54, 1.807) is 18.2 Å². The van der Waals surface area contributed by atoms with E-state index in [9.17, 15) is 0 Å². The summed E-state index contributed by atoms with van der Waals surface area (Å²) in [5.41, 5.74) is 7.26. The fourth-order valence-electron chi connectivity index (χ4n) is 5.40. The van der Waals surface area contributed by atoms with Crippen molar-refractivity contribution in [3.63, 3.8) is 0 Å². The molecule has 2 aliphatic rings. The number of benzene rings is 2. The van der Waals surface area contributed by atoms with Gasteiger partial charge >= 0.3 is 0 Å². The Morgan fingerprint density at radius 2 is 1.97 bits per heavy atom. The summed E-state index contributed by atoms with van der Waals surface area (Å²) in [4.78, 5) is 0. The minimum absolute atomic E-state index is 0.0127. The summed E-state index contributed by atoms with van der Waals surface area (Å²) in [6, 6.07) is 15.4. The van der Waals surface area contributed by atoms with E-state index in [1.165, 1.54) is 48.8 Å². The average molecular weight is 390 g/mol. The maximum Gasteiger partial charge on any atom is 0.119 e. The summed E-state index contributed by atoms with van der Waals surface area (Å²) in [6.45, 7) is 9.56. The highest BCUT2D eigenvalue weighted by atomic mass is 16.5. The van der Waals surface area contributed by atoms with Gasteiger partial charge in [-0.15, -0.1) is 6.58 Å². The third-order valence-electron chi connectivity index (χ3n) is 7.17. The molecule has 0 spiro atoms. The normalized spacial score (nSPS) is 25.3. The number of nitrogens with one attached hydrogen (secondary N) is 1. The Morgan fingerprint density at radius 1 is 1.17 bits per heavy atom. The highest BCUT2D eigenvalue weighted by molar-refractivity contribution is 5.51. The minimum Gasteiger partial charge on any atom is -0.497 e. The molecule has 0 fully saturated rings. The Kier molecular flexibility index (Phi) is 5.83. The number of hydrogen-bond acceptors (Lipinski definition) is 2. The van der Waals surface area contributed by atoms with Crippen molar-refractivity contribution in [2.24, 2.45) is 0 Å². The zero-order valence-corrected chi connectivity index (χ0v) is 18.3. The average Bonchev–Trinajstić information content (AvgIpc) is 2.74. The first-order valence-electron chi connectivity index (χ1n) is 11.2. The molecule has 0 aromatic heterocycles. The summed E-state index contributed by atoms with van der Waals surface area (Å²) in [5, 5.41) is 3.91. The van der Waals surface area contributed by atoms with Crippen LogP contribution >= 0.6 is 0 Å². The number of ether oxygens (including phenoxy) is 1. The van der Waals surface area contributed by atoms with Gasteiger partial charge in [0, 0.05) is 12.1 Å². The van der Waals surface area contributed by atoms with Gasteiger partial charge in [0.1, 0.15) is 5.75 Å². The SMILES string of the molecule is C=C(C)CC[C@H]1CC[C@H]2CC[C@](C)(NCc3ccccc3)c3cc(OC)cc1c32. The van der Waals surface area contributed by atoms with Crippen LogP contribution in [-0.4, -0.2) is 7.11 Å². The van der Waals surface area contributed by atoms with Gasteiger partial charge < -0.3 is 10.1 Å². The lowest BCUT2D eigenvalue weighted by molar-refractivity contribution is 0.273. The standard InChI is InChI=1S/C27H35NO/c1-19(2)10-11-21-12-13-22-14-15-27(3,28-18-20-8-6-5-7-9-20)25-17-23(29-4)16-24(21)26(22)25/h5-9,16-17,21-22,28H,1,10-15,18H2,2-4H3/t21-,22-,27-/m0/s1. The second kappa shape index (κ2) is 8.36. The van der Waals surface area contributed by atoms with Gasteiger partial charge in [0.05, 0.1) is 7.11 Å². The van der Waals surface area contributed by atoms with Crippen molar-refractivity contribution in [2.45, 2.75) is 76.3 Å². The number of hydrogen-bond donors (Lipinski definition) is 1. The van der Waals surface area contributed by atoms with Crippen molar-refractivity contribution < 1.29 is 4.74 Å². The van der Waals surface area contributed by atoms with Crippen LogP contribution in [0, 0.1) is 0 Å². The van der Waals surface area contributed by atoms with Crippen molar-refractivity contribution in [1.82, 2.24) is 5.32 Å². The largest absolute Gasteiger partial charge is 0.497 e. The molecule has 0 unspecified atom stereocenters. The number of allylic oxidation sites excluding steroid dienone is 1. The third-order valence-corrected chi connectivity index (χ3v) is 7.17. The summed E-state index contributed by atoms with van der Waals surface area (Å²) in [5.74, 6) is 2.34. The summed E-state index contributed by atoms with van der Waals surface area (Å²) in [6.07, 6.45) is 7.40. The molecular weight excluding hydrogens is 354 g/mol. The summed E-state index contributed by atoms with van der Waals surface area (Å²) < 4.78 is 5.77. The molecule has 0 bridgehead atoms. The Bertz CT molecular complexity index is 872. The molecule has 0 amide bonds. The van der Waals surface area contributed by atoms with Crippen molar-refractivity contribution in [2.75, 3.05) is 7.11 Å². The molecule has 2 aromatic rings. The molecule has 2 heteroatoms. The first-order chi connectivity index (χ1) is 14.0. The molecule has 3 atom stereocenters. The van der Waals surface area contributed by atoms with E-state index in [1.807, 2.05) is 0 Å². The van der Waals surface area contributed by atoms with E-state index in [0.717, 1.165) is 18.7 Å². The molecule has 0 saturated carbocycles. The van der Waals surface area contributed by atoms with Crippen LogP contribution in [0.15, 0.2) is 54.6 Å². The first kappa shape index (κ1) is 20.2. The molecule has 0 radical (unpaired) electrons. The van der Waals surface area contributed by atoms with Crippen molar-refractivity contribution in [3.8, 4) is 5.75 Å². The summed E-state index contributed by atoms with van der Waals surface area (Å²) in [7, 11) is 1.80. The van der Waals surface area contributed by atoms with Crippen LogP contribution in [0.4, 0.5) is 0 Å². The molecule has 0 saturated heterocycles. The van der Waals surface area contributed by atoms with Gasteiger partial charge in [0.2, 0.25) is 0 Å². The lowest BCUT2D eigenvalue weighted by Gasteiger charge is -2.45. The zero-order chi connectivity index (χ0) is 20.4. The molecule has 0 aliphatic heterocycles. The maximum atomic E-state index is 5.77. The van der Waals surface area contributed by atoms with Crippen molar-refractivity contribution >= 4 is 0 Å². The van der Waals surface area contributed by atoms with Gasteiger partial charge in [0.25, 0.3) is 0 Å². The van der Waals surface area contributed by atoms with E-state index in [2.05, 4.69) is 68.2 Å². The van der Waals surface area contributed by atoms with E-state index in [-0.39, 0.29) is 5.54 Å². The highest BCUT2D eigenvalue weighted by Gasteiger charge is 2.40. The second-order valence-electron chi connectivity index (χ2n) is 9.35. The van der Waals surface area contributed by atoms with Crippen LogP contribution in [0.3, 0.4) is 0 Å². The van der Waals surface area contributed by atoms with Crippen molar-refractivity contribution in [1.29, 1.82) is 0 Å². The molecule has 1 N–H and O–H groups in total. The lowest BCUT2D eigenvalue weighted by Crippen LogP contribution is -2.43. The quantitative estimate of drug-likeness (QED) is 0.525. The summed E-state index contributed by atoms with van der Waals surface area (Å²) >= 11 is 0. The minimum atomic E-state index is -0.0127. The molecular formula is C27H35NO. The molecule has 29 heavy (non-hydrogen) atoms. The second-order valence-corrected chi connectivity index (χ2v) is 9.35. The van der Waals surface area contributed by atoms with E-state index >= 15 is 0 Å². The number of rotatable bonds is 7. The van der Waals surface area contributed by atoms with Crippen LogP contribution in [0.2, 0.25) is 0 Å². The van der Waals surface area contributed by atoms with Crippen LogP contribution in [0.5, 0.6) is 5.75 Å². The molecule has 4 rings (SSSR count). The maximum absolute atomic E-state index is 5.77. The predicted molar refractivity (Wildman–Crippen MR) is 122 cm³/mol. The molecule has 2 aliphatic carbocycles. The van der Waals surface area contributed by atoms with Gasteiger partial charge in [-0.2, -0.15) is 0 Å². The van der Waals surface area contributed by atoms with Crippen LogP contribution < -0.4 is 10.1 Å². The fraction of sp³-hybridized carbons (Fsp3) is 0.481. The fourth-order valence-corrected chi connectivity index (χ4v) is 5.40. The Morgan fingerprint density at radius 3 is 2.69 bits per heavy atom. The Labute approximate surface area is 176 Å². The number of methoxy groups -OCH3 is 1. The van der Waals surface area contributed by atoms with E-state index < -0.39 is 0 Å². The van der Waals surface area contributed by atoms with Gasteiger partial charge in [0.15, 0.2) is 0 Å². The van der Waals surface area contributed by atoms with Crippen LogP contribution in [0.25, 0.3) is 0 Å². The smallest absolute Gasteiger partial charge is 0.119 e. The third kappa shape index (κ3) is 4.14. The molecule has 154 valence electrons. The highest BCUT2D eigenvalue weighted by Crippen LogP contribution is 2.52. The molecule has 2 aromatic carbocycles. The van der Waals surface area contributed by atoms with Gasteiger partial charge in [-0.25, -0.2) is 0 Å².